The van der Waals surface area contributed by atoms with Crippen molar-refractivity contribution < 1.29 is 28.5 Å². The molecule has 2 rings (SSSR count). The number of ether oxygens (including phenoxy) is 4. The van der Waals surface area contributed by atoms with Gasteiger partial charge in [-0.05, 0) is 36.2 Å². The third kappa shape index (κ3) is 5.79. The van der Waals surface area contributed by atoms with Gasteiger partial charge in [0.2, 0.25) is 5.75 Å². The van der Waals surface area contributed by atoms with Crippen LogP contribution in [-0.4, -0.2) is 39.8 Å². The molecule has 0 aromatic heterocycles. The third-order valence-electron chi connectivity index (χ3n) is 3.97. The number of halogens is 1. The van der Waals surface area contributed by atoms with Crippen molar-refractivity contribution in [2.45, 2.75) is 13.8 Å². The number of nitrogens with one attached hydrogen (secondary N) is 2. The summed E-state index contributed by atoms with van der Waals surface area (Å²) in [5, 5.41) is 0. The van der Waals surface area contributed by atoms with Gasteiger partial charge in [-0.3, -0.25) is 20.4 Å². The van der Waals surface area contributed by atoms with Gasteiger partial charge in [-0.2, -0.15) is 0 Å². The van der Waals surface area contributed by atoms with E-state index >= 15 is 0 Å². The van der Waals surface area contributed by atoms with E-state index in [4.69, 9.17) is 18.9 Å². The van der Waals surface area contributed by atoms with Crippen LogP contribution in [0.4, 0.5) is 0 Å². The zero-order valence-corrected chi connectivity index (χ0v) is 19.1. The molecule has 0 saturated heterocycles. The molecule has 30 heavy (non-hydrogen) atoms. The Morgan fingerprint density at radius 2 is 1.50 bits per heavy atom. The summed E-state index contributed by atoms with van der Waals surface area (Å²) in [6.07, 6.45) is 0. The van der Waals surface area contributed by atoms with Crippen LogP contribution in [0.3, 0.4) is 0 Å². The Kier molecular flexibility index (Phi) is 8.35. The molecule has 2 N–H and O–H groups in total. The summed E-state index contributed by atoms with van der Waals surface area (Å²) in [5.74, 6) is 0.657. The molecule has 2 aromatic rings. The predicted octanol–water partition coefficient (Wildman–Crippen LogP) is 3.58. The van der Waals surface area contributed by atoms with Gasteiger partial charge in [-0.1, -0.05) is 29.8 Å². The highest BCUT2D eigenvalue weighted by Gasteiger charge is 2.19. The van der Waals surface area contributed by atoms with Crippen LogP contribution in [0.1, 0.15) is 34.6 Å². The zero-order valence-electron chi connectivity index (χ0n) is 17.5. The molecule has 162 valence electrons. The van der Waals surface area contributed by atoms with Crippen molar-refractivity contribution in [3.63, 3.8) is 0 Å². The van der Waals surface area contributed by atoms with Gasteiger partial charge < -0.3 is 18.9 Å². The maximum Gasteiger partial charge on any atom is 0.273 e. The number of carbonyl (C=O) groups is 2. The molecule has 0 heterocycles. The molecule has 0 unspecified atom stereocenters. The summed E-state index contributed by atoms with van der Waals surface area (Å²) in [6.45, 7) is 4.48. The third-order valence-corrected chi connectivity index (χ3v) is 4.47. The Labute approximate surface area is 183 Å². The molecule has 0 fully saturated rings. The van der Waals surface area contributed by atoms with E-state index in [1.807, 2.05) is 13.8 Å². The molecular weight excluding hydrogens is 456 g/mol. The minimum atomic E-state index is -0.553. The highest BCUT2D eigenvalue weighted by molar-refractivity contribution is 9.10. The first-order chi connectivity index (χ1) is 14.3. The minimum absolute atomic E-state index is 0.218. The number of carbonyl (C=O) groups excluding carboxylic acids is 2. The van der Waals surface area contributed by atoms with Crippen LogP contribution in [0.25, 0.3) is 0 Å². The van der Waals surface area contributed by atoms with Crippen LogP contribution in [0.15, 0.2) is 34.8 Å². The molecule has 2 aromatic carbocycles. The van der Waals surface area contributed by atoms with E-state index in [0.29, 0.717) is 40.0 Å². The van der Waals surface area contributed by atoms with E-state index in [9.17, 15) is 9.59 Å². The van der Waals surface area contributed by atoms with Gasteiger partial charge in [0, 0.05) is 10.0 Å². The molecule has 0 aliphatic heterocycles. The van der Waals surface area contributed by atoms with Crippen molar-refractivity contribution in [2.75, 3.05) is 27.9 Å². The predicted molar refractivity (Wildman–Crippen MR) is 116 cm³/mol. The number of amides is 2. The second-order valence-corrected chi connectivity index (χ2v) is 7.58. The molecule has 9 heteroatoms. The lowest BCUT2D eigenvalue weighted by molar-refractivity contribution is 0.0843. The van der Waals surface area contributed by atoms with E-state index in [1.165, 1.54) is 33.5 Å². The Morgan fingerprint density at radius 1 is 0.900 bits per heavy atom. The number of hydrazine groups is 1. The maximum atomic E-state index is 12.6. The van der Waals surface area contributed by atoms with E-state index in [1.54, 1.807) is 18.2 Å². The SMILES string of the molecule is COc1cc(C(=O)NNC(=O)c2cc(Br)ccc2OCC(C)C)cc(OC)c1OC. The van der Waals surface area contributed by atoms with Crippen molar-refractivity contribution in [1.29, 1.82) is 0 Å². The van der Waals surface area contributed by atoms with Crippen LogP contribution < -0.4 is 29.8 Å². The quantitative estimate of drug-likeness (QED) is 0.560. The van der Waals surface area contributed by atoms with Crippen molar-refractivity contribution in [3.8, 4) is 23.0 Å². The minimum Gasteiger partial charge on any atom is -0.493 e. The van der Waals surface area contributed by atoms with Gasteiger partial charge in [0.25, 0.3) is 11.8 Å². The summed E-state index contributed by atoms with van der Waals surface area (Å²) in [5.41, 5.74) is 5.30. The van der Waals surface area contributed by atoms with Gasteiger partial charge in [0.1, 0.15) is 5.75 Å². The molecule has 8 nitrogen and oxygen atoms in total. The fraction of sp³-hybridized carbons (Fsp3) is 0.333. The van der Waals surface area contributed by atoms with Crippen LogP contribution >= 0.6 is 15.9 Å². The highest BCUT2D eigenvalue weighted by atomic mass is 79.9. The average Bonchev–Trinajstić information content (AvgIpc) is 2.74. The summed E-state index contributed by atoms with van der Waals surface area (Å²) in [7, 11) is 4.37. The highest BCUT2D eigenvalue weighted by Crippen LogP contribution is 2.38. The Bertz CT molecular complexity index is 891. The van der Waals surface area contributed by atoms with Gasteiger partial charge in [0.15, 0.2) is 11.5 Å². The fourth-order valence-corrected chi connectivity index (χ4v) is 2.89. The summed E-state index contributed by atoms with van der Waals surface area (Å²) in [4.78, 5) is 25.2. The topological polar surface area (TPSA) is 95.1 Å². The van der Waals surface area contributed by atoms with Gasteiger partial charge >= 0.3 is 0 Å². The number of rotatable bonds is 8. The molecule has 0 aliphatic rings. The number of benzene rings is 2. The zero-order chi connectivity index (χ0) is 22.3. The Morgan fingerprint density at radius 3 is 2.03 bits per heavy atom. The smallest absolute Gasteiger partial charge is 0.273 e. The van der Waals surface area contributed by atoms with Gasteiger partial charge in [-0.25, -0.2) is 0 Å². The maximum absolute atomic E-state index is 12.6. The largest absolute Gasteiger partial charge is 0.493 e. The summed E-state index contributed by atoms with van der Waals surface area (Å²) < 4.78 is 22.2. The standard InChI is InChI=1S/C21H25BrN2O6/c1-12(2)11-30-16-7-6-14(22)10-15(16)21(26)24-23-20(25)13-8-17(27-3)19(29-5)18(9-13)28-4/h6-10,12H,11H2,1-5H3,(H,23,25)(H,24,26). The molecule has 0 radical (unpaired) electrons. The van der Waals surface area contributed by atoms with Crippen LogP contribution in [-0.2, 0) is 0 Å². The number of hydrogen-bond acceptors (Lipinski definition) is 6. The normalized spacial score (nSPS) is 10.4. The van der Waals surface area contributed by atoms with Crippen LogP contribution in [0.5, 0.6) is 23.0 Å². The lowest BCUT2D eigenvalue weighted by Crippen LogP contribution is -2.41. The molecule has 0 bridgehead atoms. The van der Waals surface area contributed by atoms with Crippen molar-refractivity contribution in [2.24, 2.45) is 5.92 Å². The lowest BCUT2D eigenvalue weighted by Gasteiger charge is -2.15. The molecular formula is C21H25BrN2O6. The van der Waals surface area contributed by atoms with Crippen molar-refractivity contribution >= 4 is 27.7 Å². The van der Waals surface area contributed by atoms with E-state index in [2.05, 4.69) is 26.8 Å². The molecule has 0 aliphatic carbocycles. The van der Waals surface area contributed by atoms with Gasteiger partial charge in [0.05, 0.1) is 33.5 Å². The first-order valence-corrected chi connectivity index (χ1v) is 9.93. The average molecular weight is 481 g/mol. The Balaban J connectivity index is 2.17. The van der Waals surface area contributed by atoms with E-state index in [-0.39, 0.29) is 11.1 Å². The van der Waals surface area contributed by atoms with Gasteiger partial charge in [-0.15, -0.1) is 0 Å². The number of hydrogen-bond donors (Lipinski definition) is 2. The lowest BCUT2D eigenvalue weighted by atomic mass is 10.1. The first-order valence-electron chi connectivity index (χ1n) is 9.13. The first kappa shape index (κ1) is 23.3. The van der Waals surface area contributed by atoms with Crippen molar-refractivity contribution in [3.05, 3.63) is 45.9 Å². The number of methoxy groups -OCH3 is 3. The van der Waals surface area contributed by atoms with E-state index < -0.39 is 11.8 Å². The Hall–Kier alpha value is -2.94. The van der Waals surface area contributed by atoms with E-state index in [0.717, 1.165) is 0 Å². The fourth-order valence-electron chi connectivity index (χ4n) is 2.53. The summed E-state index contributed by atoms with van der Waals surface area (Å²) in [6, 6.07) is 8.07. The molecule has 0 spiro atoms. The molecule has 0 saturated carbocycles. The second kappa shape index (κ2) is 10.7. The molecule has 2 amide bonds. The van der Waals surface area contributed by atoms with Crippen LogP contribution in [0.2, 0.25) is 0 Å². The van der Waals surface area contributed by atoms with Crippen molar-refractivity contribution in [1.82, 2.24) is 10.9 Å². The summed E-state index contributed by atoms with van der Waals surface area (Å²) >= 11 is 3.34. The van der Waals surface area contributed by atoms with Crippen LogP contribution in [0, 0.1) is 5.92 Å². The second-order valence-electron chi connectivity index (χ2n) is 6.67. The molecule has 0 atom stereocenters. The monoisotopic (exact) mass is 480 g/mol.